The zero-order chi connectivity index (χ0) is 14.0. The molecule has 0 fully saturated rings. The fourth-order valence-electron chi connectivity index (χ4n) is 2.19. The van der Waals surface area contributed by atoms with E-state index in [1.807, 2.05) is 18.5 Å². The van der Waals surface area contributed by atoms with Gasteiger partial charge < -0.3 is 5.32 Å². The van der Waals surface area contributed by atoms with E-state index in [2.05, 4.69) is 50.2 Å². The topological polar surface area (TPSA) is 55.6 Å². The molecule has 0 saturated heterocycles. The molecule has 5 nitrogen and oxygen atoms in total. The van der Waals surface area contributed by atoms with Crippen LogP contribution in [0.15, 0.2) is 10.8 Å². The Kier molecular flexibility index (Phi) is 4.19. The molecule has 2 aromatic heterocycles. The molecule has 2 rings (SSSR count). The number of aryl methyl sites for hydroxylation is 1. The van der Waals surface area contributed by atoms with Gasteiger partial charge in [-0.1, -0.05) is 6.92 Å². The van der Waals surface area contributed by atoms with Crippen LogP contribution in [-0.2, 0) is 6.42 Å². The van der Waals surface area contributed by atoms with Gasteiger partial charge in [0.15, 0.2) is 5.82 Å². The molecule has 0 aliphatic carbocycles. The van der Waals surface area contributed by atoms with Crippen LogP contribution in [0.5, 0.6) is 0 Å². The fraction of sp³-hybridized carbons (Fsp3) is 0.462. The molecule has 0 spiro atoms. The first-order chi connectivity index (χ1) is 9.10. The Labute approximate surface area is 121 Å². The predicted molar refractivity (Wildman–Crippen MR) is 79.9 cm³/mol. The van der Waals surface area contributed by atoms with Crippen LogP contribution < -0.4 is 5.32 Å². The summed E-state index contributed by atoms with van der Waals surface area (Å²) in [4.78, 5) is 8.57. The summed E-state index contributed by atoms with van der Waals surface area (Å²) in [5, 5.41) is 7.78. The quantitative estimate of drug-likeness (QED) is 0.939. The third kappa shape index (κ3) is 2.49. The van der Waals surface area contributed by atoms with Gasteiger partial charge >= 0.3 is 0 Å². The third-order valence-electron chi connectivity index (χ3n) is 3.11. The summed E-state index contributed by atoms with van der Waals surface area (Å²) < 4.78 is 2.71. The number of hydrogen-bond donors (Lipinski definition) is 1. The Bertz CT molecular complexity index is 591. The normalized spacial score (nSPS) is 10.8. The van der Waals surface area contributed by atoms with E-state index in [0.717, 1.165) is 40.5 Å². The van der Waals surface area contributed by atoms with Crippen molar-refractivity contribution in [3.8, 4) is 5.82 Å². The lowest BCUT2D eigenvalue weighted by Gasteiger charge is -2.10. The Morgan fingerprint density at radius 3 is 2.58 bits per heavy atom. The highest BCUT2D eigenvalue weighted by atomic mass is 79.9. The highest BCUT2D eigenvalue weighted by molar-refractivity contribution is 9.10. The second kappa shape index (κ2) is 5.69. The monoisotopic (exact) mass is 323 g/mol. The van der Waals surface area contributed by atoms with Crippen molar-refractivity contribution in [2.45, 2.75) is 34.1 Å². The maximum Gasteiger partial charge on any atom is 0.173 e. The molecule has 0 aliphatic heterocycles. The minimum atomic E-state index is 0.770. The van der Waals surface area contributed by atoms with Gasteiger partial charge in [0.05, 0.1) is 5.69 Å². The summed E-state index contributed by atoms with van der Waals surface area (Å²) in [6, 6.07) is 0. The zero-order valence-corrected chi connectivity index (χ0v) is 13.2. The lowest BCUT2D eigenvalue weighted by Crippen LogP contribution is -2.08. The first kappa shape index (κ1) is 14.0. The van der Waals surface area contributed by atoms with E-state index in [9.17, 15) is 0 Å². The van der Waals surface area contributed by atoms with E-state index in [4.69, 9.17) is 0 Å². The van der Waals surface area contributed by atoms with Crippen LogP contribution in [0.1, 0.15) is 30.8 Å². The Morgan fingerprint density at radius 1 is 1.26 bits per heavy atom. The zero-order valence-electron chi connectivity index (χ0n) is 11.7. The molecule has 2 heterocycles. The summed E-state index contributed by atoms with van der Waals surface area (Å²) >= 11 is 3.56. The van der Waals surface area contributed by atoms with E-state index < -0.39 is 0 Å². The molecule has 0 saturated carbocycles. The van der Waals surface area contributed by atoms with E-state index in [-0.39, 0.29) is 0 Å². The van der Waals surface area contributed by atoms with Crippen LogP contribution in [-0.4, -0.2) is 26.3 Å². The van der Waals surface area contributed by atoms with Crippen molar-refractivity contribution in [2.24, 2.45) is 0 Å². The fourth-order valence-corrected chi connectivity index (χ4v) is 2.70. The molecule has 0 aliphatic rings. The molecule has 19 heavy (non-hydrogen) atoms. The van der Waals surface area contributed by atoms with E-state index in [0.29, 0.717) is 0 Å². The summed E-state index contributed by atoms with van der Waals surface area (Å²) in [6.07, 6.45) is 2.53. The molecule has 0 unspecified atom stereocenters. The van der Waals surface area contributed by atoms with Crippen molar-refractivity contribution >= 4 is 21.7 Å². The molecule has 0 bridgehead atoms. The third-order valence-corrected chi connectivity index (χ3v) is 3.84. The predicted octanol–water partition coefficient (Wildman–Crippen LogP) is 3.04. The van der Waals surface area contributed by atoms with Crippen molar-refractivity contribution in [1.29, 1.82) is 0 Å². The minimum Gasteiger partial charge on any atom is -0.369 e. The van der Waals surface area contributed by atoms with Gasteiger partial charge in [-0.3, -0.25) is 0 Å². The van der Waals surface area contributed by atoms with Gasteiger partial charge in [0.25, 0.3) is 0 Å². The van der Waals surface area contributed by atoms with Crippen molar-refractivity contribution in [1.82, 2.24) is 19.7 Å². The number of anilines is 1. The lowest BCUT2D eigenvalue weighted by atomic mass is 10.1. The SMILES string of the molecule is CCNc1ncnc(-n2nc(C)c(CC)c2C)c1Br. The summed E-state index contributed by atoms with van der Waals surface area (Å²) in [5.74, 6) is 1.56. The molecule has 1 N–H and O–H groups in total. The van der Waals surface area contributed by atoms with Gasteiger partial charge in [0.1, 0.15) is 16.6 Å². The number of nitrogens with one attached hydrogen (secondary N) is 1. The largest absolute Gasteiger partial charge is 0.369 e. The molecule has 0 atom stereocenters. The van der Waals surface area contributed by atoms with Crippen molar-refractivity contribution < 1.29 is 0 Å². The average Bonchev–Trinajstić information content (AvgIpc) is 2.67. The maximum atomic E-state index is 4.58. The Morgan fingerprint density at radius 2 is 2.00 bits per heavy atom. The van der Waals surface area contributed by atoms with Gasteiger partial charge in [-0.05, 0) is 48.7 Å². The van der Waals surface area contributed by atoms with Gasteiger partial charge in [-0.15, -0.1) is 0 Å². The molecular weight excluding hydrogens is 306 g/mol. The number of halogens is 1. The van der Waals surface area contributed by atoms with Gasteiger partial charge in [-0.25, -0.2) is 14.6 Å². The molecule has 6 heteroatoms. The number of aromatic nitrogens is 4. The summed E-state index contributed by atoms with van der Waals surface area (Å²) in [7, 11) is 0. The van der Waals surface area contributed by atoms with Crippen LogP contribution in [0, 0.1) is 13.8 Å². The minimum absolute atomic E-state index is 0.770. The standard InChI is InChI=1S/C13H18BrN5/c1-5-10-8(3)18-19(9(10)4)13-11(14)12(15-6-2)16-7-17-13/h7H,5-6H2,1-4H3,(H,15,16,17). The van der Waals surface area contributed by atoms with Crippen molar-refractivity contribution in [3.05, 3.63) is 27.8 Å². The van der Waals surface area contributed by atoms with Gasteiger partial charge in [-0.2, -0.15) is 5.10 Å². The highest BCUT2D eigenvalue weighted by Gasteiger charge is 2.16. The molecule has 0 aromatic carbocycles. The van der Waals surface area contributed by atoms with E-state index in [1.54, 1.807) is 6.33 Å². The second-order valence-electron chi connectivity index (χ2n) is 4.30. The van der Waals surface area contributed by atoms with Gasteiger partial charge in [0.2, 0.25) is 0 Å². The first-order valence-corrected chi connectivity index (χ1v) is 7.19. The van der Waals surface area contributed by atoms with Crippen molar-refractivity contribution in [2.75, 3.05) is 11.9 Å². The molecule has 102 valence electrons. The van der Waals surface area contributed by atoms with Crippen LogP contribution >= 0.6 is 15.9 Å². The molecule has 2 aromatic rings. The number of nitrogens with zero attached hydrogens (tertiary/aromatic N) is 4. The van der Waals surface area contributed by atoms with E-state index in [1.165, 1.54) is 5.56 Å². The summed E-state index contributed by atoms with van der Waals surface area (Å²) in [6.45, 7) is 9.09. The van der Waals surface area contributed by atoms with Gasteiger partial charge in [0, 0.05) is 12.2 Å². The van der Waals surface area contributed by atoms with Crippen LogP contribution in [0.4, 0.5) is 5.82 Å². The summed E-state index contributed by atoms with van der Waals surface area (Å²) in [5.41, 5.74) is 3.45. The molecule has 0 radical (unpaired) electrons. The highest BCUT2D eigenvalue weighted by Crippen LogP contribution is 2.27. The Balaban J connectivity index is 2.56. The maximum absolute atomic E-state index is 4.58. The number of hydrogen-bond acceptors (Lipinski definition) is 4. The first-order valence-electron chi connectivity index (χ1n) is 6.39. The smallest absolute Gasteiger partial charge is 0.173 e. The average molecular weight is 324 g/mol. The molecule has 0 amide bonds. The molecular formula is C13H18BrN5. The lowest BCUT2D eigenvalue weighted by molar-refractivity contribution is 0.795. The van der Waals surface area contributed by atoms with Crippen LogP contribution in [0.2, 0.25) is 0 Å². The van der Waals surface area contributed by atoms with E-state index >= 15 is 0 Å². The van der Waals surface area contributed by atoms with Crippen molar-refractivity contribution in [3.63, 3.8) is 0 Å². The van der Waals surface area contributed by atoms with Crippen LogP contribution in [0.3, 0.4) is 0 Å². The second-order valence-corrected chi connectivity index (χ2v) is 5.10. The Hall–Kier alpha value is -1.43. The van der Waals surface area contributed by atoms with Crippen LogP contribution in [0.25, 0.3) is 5.82 Å². The number of rotatable bonds is 4.